The molecule has 0 aromatic carbocycles. The normalized spacial score (nSPS) is 32.8. The highest BCUT2D eigenvalue weighted by molar-refractivity contribution is 8.01. The summed E-state index contributed by atoms with van der Waals surface area (Å²) in [4.78, 5) is 25.3. The number of halogens is 4. The van der Waals surface area contributed by atoms with Gasteiger partial charge in [-0.15, -0.1) is 23.4 Å². The minimum atomic E-state index is -1.67. The molecular formula is C10H11Cl4NO3S. The van der Waals surface area contributed by atoms with Crippen LogP contribution in [0.15, 0.2) is 0 Å². The molecule has 2 rings (SSSR count). The van der Waals surface area contributed by atoms with Crippen molar-refractivity contribution in [3.8, 4) is 0 Å². The fourth-order valence-electron chi connectivity index (χ4n) is 2.18. The van der Waals surface area contributed by atoms with Crippen LogP contribution in [-0.4, -0.2) is 48.7 Å². The SMILES string of the molecule is CC1(C)S[C@@H]2[C@H](Cl)C(=O)N2[C@H]1C(=O)OCC(Cl)(Cl)Cl. The molecule has 2 saturated heterocycles. The van der Waals surface area contributed by atoms with Crippen molar-refractivity contribution < 1.29 is 14.3 Å². The van der Waals surface area contributed by atoms with Crippen molar-refractivity contribution in [1.82, 2.24) is 4.90 Å². The number of esters is 1. The number of carbonyl (C=O) groups excluding carboxylic acids is 2. The van der Waals surface area contributed by atoms with E-state index in [9.17, 15) is 9.59 Å². The van der Waals surface area contributed by atoms with Gasteiger partial charge < -0.3 is 9.64 Å². The van der Waals surface area contributed by atoms with Gasteiger partial charge in [0.1, 0.15) is 23.4 Å². The maximum atomic E-state index is 12.1. The molecular weight excluding hydrogens is 356 g/mol. The minimum absolute atomic E-state index is 0.200. The molecule has 108 valence electrons. The molecule has 0 aromatic heterocycles. The zero-order chi connectivity index (χ0) is 14.6. The molecule has 19 heavy (non-hydrogen) atoms. The first-order chi connectivity index (χ1) is 8.54. The van der Waals surface area contributed by atoms with E-state index in [1.54, 1.807) is 0 Å². The van der Waals surface area contributed by atoms with Crippen molar-refractivity contribution in [3.05, 3.63) is 0 Å². The van der Waals surface area contributed by atoms with Crippen molar-refractivity contribution in [2.45, 2.75) is 39.2 Å². The van der Waals surface area contributed by atoms with Crippen LogP contribution in [0.25, 0.3) is 0 Å². The summed E-state index contributed by atoms with van der Waals surface area (Å²) >= 11 is 24.0. The molecule has 2 aliphatic heterocycles. The van der Waals surface area contributed by atoms with Gasteiger partial charge in [0.15, 0.2) is 0 Å². The number of β-lactam (4-membered cyclic amide) rings is 1. The van der Waals surface area contributed by atoms with Gasteiger partial charge in [0.2, 0.25) is 9.70 Å². The fourth-order valence-corrected chi connectivity index (χ4v) is 4.27. The molecule has 0 saturated carbocycles. The Kier molecular flexibility index (Phi) is 4.18. The van der Waals surface area contributed by atoms with Gasteiger partial charge in [-0.2, -0.15) is 0 Å². The van der Waals surface area contributed by atoms with Gasteiger partial charge in [0, 0.05) is 4.75 Å². The number of fused-ring (bicyclic) bond motifs is 1. The van der Waals surface area contributed by atoms with Crippen molar-refractivity contribution >= 4 is 70.0 Å². The maximum Gasteiger partial charge on any atom is 0.330 e. The number of ether oxygens (including phenoxy) is 1. The van der Waals surface area contributed by atoms with E-state index in [-0.39, 0.29) is 17.9 Å². The lowest BCUT2D eigenvalue weighted by Crippen LogP contribution is -2.63. The van der Waals surface area contributed by atoms with Crippen LogP contribution in [0.5, 0.6) is 0 Å². The molecule has 0 radical (unpaired) electrons. The van der Waals surface area contributed by atoms with Gasteiger partial charge in [-0.25, -0.2) is 4.79 Å². The van der Waals surface area contributed by atoms with E-state index in [2.05, 4.69) is 0 Å². The first-order valence-electron chi connectivity index (χ1n) is 5.42. The van der Waals surface area contributed by atoms with E-state index in [0.717, 1.165) is 0 Å². The number of nitrogens with zero attached hydrogens (tertiary/aromatic N) is 1. The first-order valence-corrected chi connectivity index (χ1v) is 7.87. The molecule has 0 aromatic rings. The van der Waals surface area contributed by atoms with Crippen molar-refractivity contribution in [2.24, 2.45) is 0 Å². The molecule has 0 spiro atoms. The van der Waals surface area contributed by atoms with E-state index < -0.39 is 25.9 Å². The van der Waals surface area contributed by atoms with E-state index in [1.807, 2.05) is 13.8 Å². The Labute approximate surface area is 135 Å². The smallest absolute Gasteiger partial charge is 0.330 e. The first kappa shape index (κ1) is 15.8. The molecule has 0 unspecified atom stereocenters. The minimum Gasteiger partial charge on any atom is -0.460 e. The number of thioether (sulfide) groups is 1. The zero-order valence-electron chi connectivity index (χ0n) is 10.0. The highest BCUT2D eigenvalue weighted by atomic mass is 35.6. The molecule has 2 fully saturated rings. The maximum absolute atomic E-state index is 12.1. The van der Waals surface area contributed by atoms with Crippen LogP contribution >= 0.6 is 58.2 Å². The van der Waals surface area contributed by atoms with E-state index in [4.69, 9.17) is 51.1 Å². The van der Waals surface area contributed by atoms with Crippen LogP contribution in [0.1, 0.15) is 13.8 Å². The summed E-state index contributed by atoms with van der Waals surface area (Å²) in [6.45, 7) is 3.35. The summed E-state index contributed by atoms with van der Waals surface area (Å²) in [5.74, 6) is -0.844. The van der Waals surface area contributed by atoms with Gasteiger partial charge in [0.25, 0.3) is 0 Å². The summed E-state index contributed by atoms with van der Waals surface area (Å²) in [5, 5.41) is -0.787. The predicted molar refractivity (Wildman–Crippen MR) is 77.0 cm³/mol. The molecule has 0 N–H and O–H groups in total. The van der Waals surface area contributed by atoms with Crippen molar-refractivity contribution in [1.29, 1.82) is 0 Å². The Hall–Kier alpha value is 0.450. The van der Waals surface area contributed by atoms with Gasteiger partial charge in [0.05, 0.1) is 0 Å². The number of rotatable bonds is 2. The predicted octanol–water partition coefficient (Wildman–Crippen LogP) is 2.57. The van der Waals surface area contributed by atoms with Gasteiger partial charge in [-0.3, -0.25) is 4.79 Å². The van der Waals surface area contributed by atoms with Crippen molar-refractivity contribution in [2.75, 3.05) is 6.61 Å². The van der Waals surface area contributed by atoms with Crippen LogP contribution in [0, 0.1) is 0 Å². The highest BCUT2D eigenvalue weighted by Crippen LogP contribution is 2.52. The largest absolute Gasteiger partial charge is 0.460 e. The standard InChI is InChI=1S/C10H11Cl4NO3S/c1-9(2)5(8(17)18-3-10(12,13)14)15-6(16)4(11)7(15)19-9/h4-5,7H,3H2,1-2H3/t4-,5+,7-/m1/s1. The summed E-state index contributed by atoms with van der Waals surface area (Å²) in [6.07, 6.45) is 0. The average molecular weight is 367 g/mol. The van der Waals surface area contributed by atoms with Crippen LogP contribution < -0.4 is 0 Å². The number of alkyl halides is 4. The van der Waals surface area contributed by atoms with E-state index in [0.29, 0.717) is 0 Å². The molecule has 2 aliphatic rings. The number of hydrogen-bond donors (Lipinski definition) is 0. The van der Waals surface area contributed by atoms with Crippen LogP contribution in [0.2, 0.25) is 0 Å². The lowest BCUT2D eigenvalue weighted by atomic mass is 9.98. The third-order valence-electron chi connectivity index (χ3n) is 2.98. The Morgan fingerprint density at radius 1 is 1.47 bits per heavy atom. The average Bonchev–Trinajstić information content (AvgIpc) is 2.53. The Balaban J connectivity index is 2.10. The lowest BCUT2D eigenvalue weighted by Gasteiger charge is -2.40. The van der Waals surface area contributed by atoms with Gasteiger partial charge in [-0.05, 0) is 13.8 Å². The Bertz CT molecular complexity index is 425. The van der Waals surface area contributed by atoms with Crippen LogP contribution in [0.4, 0.5) is 0 Å². The highest BCUT2D eigenvalue weighted by Gasteiger charge is 2.63. The second-order valence-electron chi connectivity index (χ2n) is 4.88. The second kappa shape index (κ2) is 5.02. The lowest BCUT2D eigenvalue weighted by molar-refractivity contribution is -0.160. The topological polar surface area (TPSA) is 46.6 Å². The molecule has 9 heteroatoms. The molecule has 4 nitrogen and oxygen atoms in total. The van der Waals surface area contributed by atoms with E-state index >= 15 is 0 Å². The quantitative estimate of drug-likeness (QED) is 0.428. The Morgan fingerprint density at radius 3 is 2.58 bits per heavy atom. The molecule has 0 aliphatic carbocycles. The summed E-state index contributed by atoms with van der Waals surface area (Å²) in [5.41, 5.74) is 0. The second-order valence-corrected chi connectivity index (χ2v) is 9.64. The Morgan fingerprint density at radius 2 is 2.05 bits per heavy atom. The zero-order valence-corrected chi connectivity index (χ0v) is 13.9. The molecule has 3 atom stereocenters. The van der Waals surface area contributed by atoms with Crippen LogP contribution in [0.3, 0.4) is 0 Å². The molecule has 2 heterocycles. The third kappa shape index (κ3) is 2.91. The van der Waals surface area contributed by atoms with E-state index in [1.165, 1.54) is 16.7 Å². The number of amides is 1. The molecule has 0 bridgehead atoms. The monoisotopic (exact) mass is 365 g/mol. The molecule has 1 amide bonds. The third-order valence-corrected chi connectivity index (χ3v) is 5.45. The summed E-state index contributed by atoms with van der Waals surface area (Å²) in [7, 11) is 0. The summed E-state index contributed by atoms with van der Waals surface area (Å²) in [6, 6.07) is -0.711. The number of hydrogen-bond acceptors (Lipinski definition) is 4. The fraction of sp³-hybridized carbons (Fsp3) is 0.800. The number of carbonyl (C=O) groups is 2. The summed E-state index contributed by atoms with van der Waals surface area (Å²) < 4.78 is 2.82. The van der Waals surface area contributed by atoms with Crippen LogP contribution in [-0.2, 0) is 14.3 Å². The van der Waals surface area contributed by atoms with Gasteiger partial charge in [-0.1, -0.05) is 34.8 Å². The van der Waals surface area contributed by atoms with Gasteiger partial charge >= 0.3 is 5.97 Å². The van der Waals surface area contributed by atoms with Crippen molar-refractivity contribution in [3.63, 3.8) is 0 Å².